The minimum absolute atomic E-state index is 0.210. The topological polar surface area (TPSA) is 40.5 Å². The Morgan fingerprint density at radius 1 is 1.62 bits per heavy atom. The highest BCUT2D eigenvalue weighted by molar-refractivity contribution is 5.71. The van der Waals surface area contributed by atoms with Crippen LogP contribution in [0, 0.1) is 23.7 Å². The number of hydrogen-bond donors (Lipinski definition) is 1. The summed E-state index contributed by atoms with van der Waals surface area (Å²) in [4.78, 5) is 12.9. The molecule has 0 radical (unpaired) electrons. The SMILES string of the molecule is CC#CCN1C[C@@H](C)[C@H](C(=O)O)C1. The van der Waals surface area contributed by atoms with Crippen LogP contribution < -0.4 is 0 Å². The molecule has 0 saturated carbocycles. The first-order valence-electron chi connectivity index (χ1n) is 4.50. The van der Waals surface area contributed by atoms with Gasteiger partial charge in [0.2, 0.25) is 0 Å². The molecule has 0 aliphatic carbocycles. The van der Waals surface area contributed by atoms with Gasteiger partial charge in [0.15, 0.2) is 0 Å². The fourth-order valence-electron chi connectivity index (χ4n) is 1.71. The normalized spacial score (nSPS) is 28.2. The van der Waals surface area contributed by atoms with Crippen LogP contribution in [0.2, 0.25) is 0 Å². The van der Waals surface area contributed by atoms with Crippen LogP contribution in [0.25, 0.3) is 0 Å². The fraction of sp³-hybridized carbons (Fsp3) is 0.700. The third-order valence-electron chi connectivity index (χ3n) is 2.48. The monoisotopic (exact) mass is 181 g/mol. The summed E-state index contributed by atoms with van der Waals surface area (Å²) in [7, 11) is 0. The van der Waals surface area contributed by atoms with E-state index in [-0.39, 0.29) is 11.8 Å². The van der Waals surface area contributed by atoms with Gasteiger partial charge in [-0.3, -0.25) is 9.69 Å². The summed E-state index contributed by atoms with van der Waals surface area (Å²) in [5.74, 6) is 5.12. The molecule has 1 heterocycles. The van der Waals surface area contributed by atoms with Crippen LogP contribution in [0.1, 0.15) is 13.8 Å². The van der Waals surface area contributed by atoms with E-state index in [2.05, 4.69) is 16.7 Å². The van der Waals surface area contributed by atoms with E-state index in [1.165, 1.54) is 0 Å². The Bertz CT molecular complexity index is 251. The quantitative estimate of drug-likeness (QED) is 0.636. The molecule has 0 unspecified atom stereocenters. The summed E-state index contributed by atoms with van der Waals surface area (Å²) in [6.45, 7) is 5.98. The third-order valence-corrected chi connectivity index (χ3v) is 2.48. The molecular formula is C10H15NO2. The summed E-state index contributed by atoms with van der Waals surface area (Å²) >= 11 is 0. The summed E-state index contributed by atoms with van der Waals surface area (Å²) < 4.78 is 0. The molecule has 0 aromatic carbocycles. The maximum atomic E-state index is 10.8. The molecule has 1 N–H and O–H groups in total. The average molecular weight is 181 g/mol. The van der Waals surface area contributed by atoms with Crippen molar-refractivity contribution >= 4 is 5.97 Å². The van der Waals surface area contributed by atoms with Gasteiger partial charge in [0.1, 0.15) is 0 Å². The fourth-order valence-corrected chi connectivity index (χ4v) is 1.71. The molecule has 13 heavy (non-hydrogen) atoms. The van der Waals surface area contributed by atoms with Gasteiger partial charge in [-0.05, 0) is 12.8 Å². The lowest BCUT2D eigenvalue weighted by Gasteiger charge is -2.09. The van der Waals surface area contributed by atoms with Gasteiger partial charge in [-0.1, -0.05) is 12.8 Å². The number of aliphatic carboxylic acids is 1. The van der Waals surface area contributed by atoms with Crippen molar-refractivity contribution in [1.29, 1.82) is 0 Å². The molecule has 0 aromatic heterocycles. The molecule has 0 spiro atoms. The number of nitrogens with zero attached hydrogens (tertiary/aromatic N) is 1. The highest BCUT2D eigenvalue weighted by atomic mass is 16.4. The van der Waals surface area contributed by atoms with Crippen molar-refractivity contribution in [2.75, 3.05) is 19.6 Å². The van der Waals surface area contributed by atoms with Crippen LogP contribution in [0.3, 0.4) is 0 Å². The summed E-state index contributed by atoms with van der Waals surface area (Å²) in [5, 5.41) is 8.86. The first-order valence-corrected chi connectivity index (χ1v) is 4.50. The Kier molecular flexibility index (Phi) is 3.32. The first kappa shape index (κ1) is 10.1. The predicted molar refractivity (Wildman–Crippen MR) is 50.2 cm³/mol. The van der Waals surface area contributed by atoms with Crippen LogP contribution in [0.15, 0.2) is 0 Å². The van der Waals surface area contributed by atoms with Gasteiger partial charge < -0.3 is 5.11 Å². The van der Waals surface area contributed by atoms with E-state index in [1.807, 2.05) is 6.92 Å². The second-order valence-corrected chi connectivity index (χ2v) is 3.54. The molecule has 0 aromatic rings. The van der Waals surface area contributed by atoms with Crippen molar-refractivity contribution < 1.29 is 9.90 Å². The zero-order chi connectivity index (χ0) is 9.84. The van der Waals surface area contributed by atoms with Gasteiger partial charge >= 0.3 is 5.97 Å². The predicted octanol–water partition coefficient (Wildman–Crippen LogP) is 0.662. The molecule has 1 saturated heterocycles. The smallest absolute Gasteiger partial charge is 0.308 e. The third kappa shape index (κ3) is 2.46. The first-order chi connectivity index (χ1) is 6.15. The zero-order valence-corrected chi connectivity index (χ0v) is 8.08. The molecule has 2 atom stereocenters. The second-order valence-electron chi connectivity index (χ2n) is 3.54. The van der Waals surface area contributed by atoms with Gasteiger partial charge in [-0.25, -0.2) is 0 Å². The van der Waals surface area contributed by atoms with E-state index in [0.717, 1.165) is 6.54 Å². The van der Waals surface area contributed by atoms with Crippen molar-refractivity contribution in [1.82, 2.24) is 4.90 Å². The zero-order valence-electron chi connectivity index (χ0n) is 8.08. The number of rotatable bonds is 2. The standard InChI is InChI=1S/C10H15NO2/c1-3-4-5-11-6-8(2)9(7-11)10(12)13/h8-9H,5-7H2,1-2H3,(H,12,13)/t8-,9-/m1/s1. The van der Waals surface area contributed by atoms with Crippen molar-refractivity contribution in [3.05, 3.63) is 0 Å². The van der Waals surface area contributed by atoms with E-state index in [1.54, 1.807) is 6.92 Å². The molecular weight excluding hydrogens is 166 g/mol. The molecule has 3 nitrogen and oxygen atoms in total. The maximum absolute atomic E-state index is 10.8. The van der Waals surface area contributed by atoms with Gasteiger partial charge in [-0.2, -0.15) is 0 Å². The number of carbonyl (C=O) groups is 1. The van der Waals surface area contributed by atoms with E-state index in [0.29, 0.717) is 13.1 Å². The average Bonchev–Trinajstić information content (AvgIpc) is 2.43. The van der Waals surface area contributed by atoms with Gasteiger partial charge in [-0.15, -0.1) is 5.92 Å². The summed E-state index contributed by atoms with van der Waals surface area (Å²) in [6, 6.07) is 0. The Morgan fingerprint density at radius 3 is 2.77 bits per heavy atom. The lowest BCUT2D eigenvalue weighted by Crippen LogP contribution is -2.23. The lowest BCUT2D eigenvalue weighted by atomic mass is 9.99. The molecule has 0 amide bonds. The van der Waals surface area contributed by atoms with E-state index in [9.17, 15) is 4.79 Å². The van der Waals surface area contributed by atoms with Crippen LogP contribution in [0.5, 0.6) is 0 Å². The highest BCUT2D eigenvalue weighted by Gasteiger charge is 2.33. The number of hydrogen-bond acceptors (Lipinski definition) is 2. The van der Waals surface area contributed by atoms with Crippen molar-refractivity contribution in [3.8, 4) is 11.8 Å². The molecule has 72 valence electrons. The molecule has 3 heteroatoms. The minimum Gasteiger partial charge on any atom is -0.481 e. The largest absolute Gasteiger partial charge is 0.481 e. The van der Waals surface area contributed by atoms with Gasteiger partial charge in [0, 0.05) is 13.1 Å². The highest BCUT2D eigenvalue weighted by Crippen LogP contribution is 2.22. The number of carboxylic acid groups (broad SMARTS) is 1. The van der Waals surface area contributed by atoms with Gasteiger partial charge in [0.05, 0.1) is 12.5 Å². The molecule has 1 rings (SSSR count). The van der Waals surface area contributed by atoms with Crippen molar-refractivity contribution in [3.63, 3.8) is 0 Å². The molecule has 1 aliphatic heterocycles. The second kappa shape index (κ2) is 4.29. The minimum atomic E-state index is -0.681. The van der Waals surface area contributed by atoms with E-state index in [4.69, 9.17) is 5.11 Å². The van der Waals surface area contributed by atoms with Crippen LogP contribution in [-0.2, 0) is 4.79 Å². The van der Waals surface area contributed by atoms with Crippen molar-refractivity contribution in [2.24, 2.45) is 11.8 Å². The summed E-state index contributed by atoms with van der Waals surface area (Å²) in [6.07, 6.45) is 0. The van der Waals surface area contributed by atoms with Crippen LogP contribution in [0.4, 0.5) is 0 Å². The number of likely N-dealkylation sites (tertiary alicyclic amines) is 1. The molecule has 1 fully saturated rings. The molecule has 1 aliphatic rings. The maximum Gasteiger partial charge on any atom is 0.308 e. The lowest BCUT2D eigenvalue weighted by molar-refractivity contribution is -0.142. The molecule has 0 bridgehead atoms. The summed E-state index contributed by atoms with van der Waals surface area (Å²) in [5.41, 5.74) is 0. The van der Waals surface area contributed by atoms with E-state index < -0.39 is 5.97 Å². The Balaban J connectivity index is 2.48. The number of carboxylic acids is 1. The van der Waals surface area contributed by atoms with Crippen molar-refractivity contribution in [2.45, 2.75) is 13.8 Å². The van der Waals surface area contributed by atoms with Crippen LogP contribution >= 0.6 is 0 Å². The Hall–Kier alpha value is -1.01. The van der Waals surface area contributed by atoms with Crippen LogP contribution in [-0.4, -0.2) is 35.6 Å². The van der Waals surface area contributed by atoms with E-state index >= 15 is 0 Å². The van der Waals surface area contributed by atoms with Gasteiger partial charge in [0.25, 0.3) is 0 Å². The Labute approximate surface area is 78.7 Å². The Morgan fingerprint density at radius 2 is 2.31 bits per heavy atom.